The van der Waals surface area contributed by atoms with Crippen molar-refractivity contribution in [2.24, 2.45) is 5.92 Å². The van der Waals surface area contributed by atoms with E-state index in [0.29, 0.717) is 5.92 Å². The molecule has 0 amide bonds. The SMILES string of the molecule is [CH2]/C=C(\C)CC(C)C=C(C)C. The molecule has 0 aromatic rings. The minimum atomic E-state index is 0.651. The lowest BCUT2D eigenvalue weighted by molar-refractivity contribution is 0.710. The van der Waals surface area contributed by atoms with Crippen LogP contribution >= 0.6 is 0 Å². The third-order valence-electron chi connectivity index (χ3n) is 1.61. The van der Waals surface area contributed by atoms with Crippen LogP contribution in [0, 0.1) is 12.8 Å². The van der Waals surface area contributed by atoms with Crippen LogP contribution in [0.4, 0.5) is 0 Å². The minimum Gasteiger partial charge on any atom is -0.0853 e. The summed E-state index contributed by atoms with van der Waals surface area (Å²) in [4.78, 5) is 0. The highest BCUT2D eigenvalue weighted by Crippen LogP contribution is 2.13. The smallest absolute Gasteiger partial charge is 0.0222 e. The van der Waals surface area contributed by atoms with Crippen molar-refractivity contribution < 1.29 is 0 Å². The van der Waals surface area contributed by atoms with Crippen LogP contribution in [0.5, 0.6) is 0 Å². The molecule has 0 heteroatoms. The Balaban J connectivity index is 3.88. The summed E-state index contributed by atoms with van der Waals surface area (Å²) in [6.07, 6.45) is 5.37. The second-order valence-electron chi connectivity index (χ2n) is 3.48. The molecule has 0 rings (SSSR count). The van der Waals surface area contributed by atoms with Gasteiger partial charge in [-0.2, -0.15) is 0 Å². The van der Waals surface area contributed by atoms with Crippen LogP contribution in [0.2, 0.25) is 0 Å². The standard InChI is InChI=1S/C11H19/c1-6-10(4)8-11(5)7-9(2)3/h6-7,11H,1,8H2,2-5H3/b10-6+. The van der Waals surface area contributed by atoms with Gasteiger partial charge in [0.25, 0.3) is 0 Å². The Hall–Kier alpha value is -0.520. The molecule has 1 atom stereocenters. The largest absolute Gasteiger partial charge is 0.0853 e. The Kier molecular flexibility index (Phi) is 4.93. The van der Waals surface area contributed by atoms with Gasteiger partial charge in [-0.25, -0.2) is 0 Å². The van der Waals surface area contributed by atoms with Crippen molar-refractivity contribution in [3.8, 4) is 0 Å². The van der Waals surface area contributed by atoms with E-state index in [2.05, 4.69) is 40.7 Å². The van der Waals surface area contributed by atoms with E-state index in [-0.39, 0.29) is 0 Å². The molecule has 0 aliphatic heterocycles. The zero-order valence-corrected chi connectivity index (χ0v) is 8.15. The maximum atomic E-state index is 3.74. The molecule has 0 spiro atoms. The summed E-state index contributed by atoms with van der Waals surface area (Å²) in [6.45, 7) is 12.4. The summed E-state index contributed by atoms with van der Waals surface area (Å²) in [7, 11) is 0. The molecule has 1 unspecified atom stereocenters. The average Bonchev–Trinajstić information content (AvgIpc) is 1.85. The highest BCUT2D eigenvalue weighted by molar-refractivity contribution is 5.05. The monoisotopic (exact) mass is 151 g/mol. The van der Waals surface area contributed by atoms with Gasteiger partial charge in [0, 0.05) is 0 Å². The van der Waals surface area contributed by atoms with Crippen molar-refractivity contribution in [3.05, 3.63) is 30.2 Å². The van der Waals surface area contributed by atoms with E-state index in [1.54, 1.807) is 0 Å². The van der Waals surface area contributed by atoms with E-state index >= 15 is 0 Å². The molecule has 0 saturated carbocycles. The van der Waals surface area contributed by atoms with Crippen molar-refractivity contribution in [1.29, 1.82) is 0 Å². The molecule has 0 aliphatic rings. The van der Waals surface area contributed by atoms with Gasteiger partial charge in [-0.3, -0.25) is 0 Å². The molecule has 0 aromatic carbocycles. The van der Waals surface area contributed by atoms with Crippen molar-refractivity contribution in [2.75, 3.05) is 0 Å². The van der Waals surface area contributed by atoms with Gasteiger partial charge in [0.05, 0.1) is 0 Å². The molecule has 0 N–H and O–H groups in total. The summed E-state index contributed by atoms with van der Waals surface area (Å²) in [5.74, 6) is 0.651. The van der Waals surface area contributed by atoms with E-state index in [1.165, 1.54) is 11.1 Å². The summed E-state index contributed by atoms with van der Waals surface area (Å²) in [6, 6.07) is 0. The Bertz CT molecular complexity index is 157. The Morgan fingerprint density at radius 1 is 1.36 bits per heavy atom. The lowest BCUT2D eigenvalue weighted by atomic mass is 10.0. The van der Waals surface area contributed by atoms with Crippen molar-refractivity contribution >= 4 is 0 Å². The Morgan fingerprint density at radius 2 is 1.91 bits per heavy atom. The number of hydrogen-bond donors (Lipinski definition) is 0. The summed E-state index contributed by atoms with van der Waals surface area (Å²) in [5.41, 5.74) is 2.77. The lowest BCUT2D eigenvalue weighted by Gasteiger charge is -2.06. The van der Waals surface area contributed by atoms with Crippen LogP contribution in [0.15, 0.2) is 23.3 Å². The first-order valence-corrected chi connectivity index (χ1v) is 4.16. The Morgan fingerprint density at radius 3 is 2.27 bits per heavy atom. The van der Waals surface area contributed by atoms with Crippen LogP contribution in [0.1, 0.15) is 34.1 Å². The normalized spacial score (nSPS) is 14.5. The zero-order valence-electron chi connectivity index (χ0n) is 8.15. The second-order valence-corrected chi connectivity index (χ2v) is 3.48. The molecule has 0 aliphatic carbocycles. The van der Waals surface area contributed by atoms with E-state index in [9.17, 15) is 0 Å². The van der Waals surface area contributed by atoms with Gasteiger partial charge in [-0.05, 0) is 40.0 Å². The van der Waals surface area contributed by atoms with Crippen LogP contribution in [0.25, 0.3) is 0 Å². The van der Waals surface area contributed by atoms with E-state index in [1.807, 2.05) is 6.08 Å². The molecular weight excluding hydrogens is 132 g/mol. The highest BCUT2D eigenvalue weighted by atomic mass is 14.0. The number of allylic oxidation sites excluding steroid dienone is 4. The fourth-order valence-electron chi connectivity index (χ4n) is 1.22. The highest BCUT2D eigenvalue weighted by Gasteiger charge is 1.97. The molecule has 0 heterocycles. The topological polar surface area (TPSA) is 0 Å². The van der Waals surface area contributed by atoms with Gasteiger partial charge in [-0.15, -0.1) is 0 Å². The third-order valence-corrected chi connectivity index (χ3v) is 1.61. The van der Waals surface area contributed by atoms with E-state index in [0.717, 1.165) is 6.42 Å². The summed E-state index contributed by atoms with van der Waals surface area (Å²) < 4.78 is 0. The van der Waals surface area contributed by atoms with Crippen LogP contribution < -0.4 is 0 Å². The number of rotatable bonds is 3. The van der Waals surface area contributed by atoms with Crippen molar-refractivity contribution in [3.63, 3.8) is 0 Å². The third kappa shape index (κ3) is 5.90. The summed E-state index contributed by atoms with van der Waals surface area (Å²) in [5, 5.41) is 0. The van der Waals surface area contributed by atoms with E-state index < -0.39 is 0 Å². The first-order valence-electron chi connectivity index (χ1n) is 4.16. The molecule has 0 aromatic heterocycles. The molecular formula is C11H19. The first kappa shape index (κ1) is 10.5. The van der Waals surface area contributed by atoms with Gasteiger partial charge in [0.15, 0.2) is 0 Å². The van der Waals surface area contributed by atoms with Crippen molar-refractivity contribution in [1.82, 2.24) is 0 Å². The summed E-state index contributed by atoms with van der Waals surface area (Å²) >= 11 is 0. The van der Waals surface area contributed by atoms with Crippen molar-refractivity contribution in [2.45, 2.75) is 34.1 Å². The quantitative estimate of drug-likeness (QED) is 0.539. The predicted octanol–water partition coefficient (Wildman–Crippen LogP) is 3.76. The fraction of sp³-hybridized carbons (Fsp3) is 0.545. The molecule has 1 radical (unpaired) electrons. The first-order chi connectivity index (χ1) is 5.06. The molecule has 0 nitrogen and oxygen atoms in total. The van der Waals surface area contributed by atoms with Crippen LogP contribution in [-0.4, -0.2) is 0 Å². The molecule has 0 bridgehead atoms. The molecule has 11 heavy (non-hydrogen) atoms. The minimum absolute atomic E-state index is 0.651. The van der Waals surface area contributed by atoms with Gasteiger partial charge >= 0.3 is 0 Å². The fourth-order valence-corrected chi connectivity index (χ4v) is 1.22. The second kappa shape index (κ2) is 5.17. The molecule has 63 valence electrons. The van der Waals surface area contributed by atoms with Gasteiger partial charge in [0.2, 0.25) is 0 Å². The maximum absolute atomic E-state index is 3.74. The molecule has 0 fully saturated rings. The van der Waals surface area contributed by atoms with Crippen LogP contribution in [0.3, 0.4) is 0 Å². The predicted molar refractivity (Wildman–Crippen MR) is 52.3 cm³/mol. The molecule has 0 saturated heterocycles. The number of hydrogen-bond acceptors (Lipinski definition) is 0. The van der Waals surface area contributed by atoms with E-state index in [4.69, 9.17) is 0 Å². The Labute approximate surface area is 71.0 Å². The maximum Gasteiger partial charge on any atom is -0.0222 e. The van der Waals surface area contributed by atoms with Gasteiger partial charge in [0.1, 0.15) is 0 Å². The van der Waals surface area contributed by atoms with Crippen LogP contribution in [-0.2, 0) is 0 Å². The van der Waals surface area contributed by atoms with Gasteiger partial charge < -0.3 is 0 Å². The zero-order chi connectivity index (χ0) is 8.85. The lowest BCUT2D eigenvalue weighted by Crippen LogP contribution is -1.91. The van der Waals surface area contributed by atoms with Gasteiger partial charge in [-0.1, -0.05) is 30.2 Å². The average molecular weight is 151 g/mol.